The van der Waals surface area contributed by atoms with Gasteiger partial charge in [-0.2, -0.15) is 0 Å². The summed E-state index contributed by atoms with van der Waals surface area (Å²) >= 11 is 0. The van der Waals surface area contributed by atoms with Crippen LogP contribution in [0.3, 0.4) is 0 Å². The minimum absolute atomic E-state index is 0.102. The van der Waals surface area contributed by atoms with E-state index in [0.29, 0.717) is 5.75 Å². The number of rotatable bonds is 7. The normalized spacial score (nSPS) is 14.1. The summed E-state index contributed by atoms with van der Waals surface area (Å²) in [5.74, 6) is -0.795. The van der Waals surface area contributed by atoms with Crippen LogP contribution < -0.4 is 10.1 Å². The first kappa shape index (κ1) is 20.5. The SMILES string of the molecule is CC(COc1ccccc1)(NC(=O)OCC1c2ccccc2-c2ccccc21)C(=O)O. The van der Waals surface area contributed by atoms with Crippen LogP contribution in [0.1, 0.15) is 24.0 Å². The van der Waals surface area contributed by atoms with Crippen LogP contribution in [-0.4, -0.2) is 35.9 Å². The Kier molecular flexibility index (Phi) is 5.62. The van der Waals surface area contributed by atoms with E-state index >= 15 is 0 Å². The Hall–Kier alpha value is -3.80. The molecule has 0 bridgehead atoms. The lowest BCUT2D eigenvalue weighted by atomic mass is 9.98. The Labute approximate surface area is 180 Å². The van der Waals surface area contributed by atoms with Crippen LogP contribution in [0.2, 0.25) is 0 Å². The van der Waals surface area contributed by atoms with Crippen molar-refractivity contribution in [1.82, 2.24) is 5.32 Å². The first-order valence-electron chi connectivity index (χ1n) is 10.0. The monoisotopic (exact) mass is 417 g/mol. The molecule has 4 rings (SSSR count). The molecule has 1 unspecified atom stereocenters. The van der Waals surface area contributed by atoms with Crippen LogP contribution in [0, 0.1) is 0 Å². The summed E-state index contributed by atoms with van der Waals surface area (Å²) in [6, 6.07) is 24.9. The van der Waals surface area contributed by atoms with Gasteiger partial charge in [-0.3, -0.25) is 0 Å². The average molecular weight is 417 g/mol. The number of ether oxygens (including phenoxy) is 2. The number of para-hydroxylation sites is 1. The van der Waals surface area contributed by atoms with E-state index in [2.05, 4.69) is 17.4 Å². The summed E-state index contributed by atoms with van der Waals surface area (Å²) in [5.41, 5.74) is 2.78. The van der Waals surface area contributed by atoms with Crippen LogP contribution >= 0.6 is 0 Å². The molecule has 0 radical (unpaired) electrons. The molecule has 0 fully saturated rings. The molecule has 0 heterocycles. The minimum atomic E-state index is -1.64. The van der Waals surface area contributed by atoms with Crippen molar-refractivity contribution >= 4 is 12.1 Å². The summed E-state index contributed by atoms with van der Waals surface area (Å²) in [4.78, 5) is 24.3. The van der Waals surface area contributed by atoms with Crippen molar-refractivity contribution in [2.24, 2.45) is 0 Å². The summed E-state index contributed by atoms with van der Waals surface area (Å²) in [5, 5.41) is 12.1. The van der Waals surface area contributed by atoms with Gasteiger partial charge in [0, 0.05) is 5.92 Å². The van der Waals surface area contributed by atoms with Crippen molar-refractivity contribution in [3.8, 4) is 16.9 Å². The van der Waals surface area contributed by atoms with Crippen molar-refractivity contribution in [3.05, 3.63) is 90.0 Å². The zero-order valence-corrected chi connectivity index (χ0v) is 17.1. The molecule has 3 aromatic rings. The van der Waals surface area contributed by atoms with Gasteiger partial charge >= 0.3 is 12.1 Å². The standard InChI is InChI=1S/C25H23NO5/c1-25(23(27)28,16-31-17-9-3-2-4-10-17)26-24(29)30-15-22-20-13-7-5-11-18(20)19-12-6-8-14-21(19)22/h2-14,22H,15-16H2,1H3,(H,26,29)(H,27,28). The zero-order chi connectivity index (χ0) is 21.8. The minimum Gasteiger partial charge on any atom is -0.491 e. The average Bonchev–Trinajstić information content (AvgIpc) is 3.11. The number of hydrogen-bond acceptors (Lipinski definition) is 4. The van der Waals surface area contributed by atoms with Gasteiger partial charge in [0.15, 0.2) is 5.54 Å². The molecule has 1 aliphatic rings. The third-order valence-corrected chi connectivity index (χ3v) is 5.46. The topological polar surface area (TPSA) is 84.9 Å². The Morgan fingerprint density at radius 2 is 1.45 bits per heavy atom. The van der Waals surface area contributed by atoms with Crippen LogP contribution in [0.4, 0.5) is 4.79 Å². The van der Waals surface area contributed by atoms with E-state index in [1.54, 1.807) is 24.3 Å². The summed E-state index contributed by atoms with van der Waals surface area (Å²) in [6.45, 7) is 1.26. The van der Waals surface area contributed by atoms with Gasteiger partial charge in [0.2, 0.25) is 0 Å². The van der Waals surface area contributed by atoms with Gasteiger partial charge in [-0.05, 0) is 41.3 Å². The van der Waals surface area contributed by atoms with E-state index in [9.17, 15) is 14.7 Å². The maximum atomic E-state index is 12.5. The molecular formula is C25H23NO5. The van der Waals surface area contributed by atoms with Crippen molar-refractivity contribution in [1.29, 1.82) is 0 Å². The third kappa shape index (κ3) is 4.23. The number of nitrogens with one attached hydrogen (secondary N) is 1. The fraction of sp³-hybridized carbons (Fsp3) is 0.200. The second kappa shape index (κ2) is 8.52. The first-order valence-corrected chi connectivity index (χ1v) is 10.0. The summed E-state index contributed by atoms with van der Waals surface area (Å²) in [7, 11) is 0. The van der Waals surface area contributed by atoms with Gasteiger partial charge in [-0.1, -0.05) is 66.7 Å². The highest BCUT2D eigenvalue weighted by molar-refractivity contribution is 5.84. The predicted molar refractivity (Wildman–Crippen MR) is 116 cm³/mol. The predicted octanol–water partition coefficient (Wildman–Crippen LogP) is 4.45. The third-order valence-electron chi connectivity index (χ3n) is 5.46. The maximum absolute atomic E-state index is 12.5. The number of carboxylic acid groups (broad SMARTS) is 1. The number of alkyl carbamates (subject to hydrolysis) is 1. The van der Waals surface area contributed by atoms with Gasteiger partial charge in [0.05, 0.1) is 0 Å². The largest absolute Gasteiger partial charge is 0.491 e. The summed E-state index contributed by atoms with van der Waals surface area (Å²) < 4.78 is 11.0. The number of carbonyl (C=O) groups excluding carboxylic acids is 1. The van der Waals surface area contributed by atoms with Crippen molar-refractivity contribution in [3.63, 3.8) is 0 Å². The van der Waals surface area contributed by atoms with E-state index in [-0.39, 0.29) is 19.1 Å². The van der Waals surface area contributed by atoms with Crippen LogP contribution in [0.25, 0.3) is 11.1 Å². The lowest BCUT2D eigenvalue weighted by Gasteiger charge is -2.26. The summed E-state index contributed by atoms with van der Waals surface area (Å²) in [6.07, 6.45) is -0.802. The van der Waals surface area contributed by atoms with E-state index in [4.69, 9.17) is 9.47 Å². The fourth-order valence-corrected chi connectivity index (χ4v) is 3.76. The molecule has 0 aliphatic heterocycles. The van der Waals surface area contributed by atoms with Crippen molar-refractivity contribution in [2.75, 3.05) is 13.2 Å². The van der Waals surface area contributed by atoms with Crippen molar-refractivity contribution in [2.45, 2.75) is 18.4 Å². The lowest BCUT2D eigenvalue weighted by Crippen LogP contribution is -2.56. The number of benzene rings is 3. The highest BCUT2D eigenvalue weighted by Gasteiger charge is 2.37. The van der Waals surface area contributed by atoms with Crippen LogP contribution in [0.15, 0.2) is 78.9 Å². The Morgan fingerprint density at radius 1 is 0.903 bits per heavy atom. The number of amides is 1. The van der Waals surface area contributed by atoms with Gasteiger partial charge in [-0.15, -0.1) is 0 Å². The molecule has 158 valence electrons. The fourth-order valence-electron chi connectivity index (χ4n) is 3.76. The lowest BCUT2D eigenvalue weighted by molar-refractivity contribution is -0.145. The van der Waals surface area contributed by atoms with Crippen LogP contribution in [0.5, 0.6) is 5.75 Å². The van der Waals surface area contributed by atoms with Gasteiger partial charge in [0.1, 0.15) is 19.0 Å². The molecule has 6 heteroatoms. The Balaban J connectivity index is 1.43. The maximum Gasteiger partial charge on any atom is 0.408 e. The highest BCUT2D eigenvalue weighted by atomic mass is 16.6. The molecule has 0 saturated heterocycles. The zero-order valence-electron chi connectivity index (χ0n) is 17.1. The van der Waals surface area contributed by atoms with E-state index in [1.165, 1.54) is 6.92 Å². The van der Waals surface area contributed by atoms with Crippen LogP contribution in [-0.2, 0) is 9.53 Å². The second-order valence-corrected chi connectivity index (χ2v) is 7.69. The number of fused-ring (bicyclic) bond motifs is 3. The molecule has 6 nitrogen and oxygen atoms in total. The molecule has 0 saturated carbocycles. The number of carbonyl (C=O) groups is 2. The molecular weight excluding hydrogens is 394 g/mol. The molecule has 1 amide bonds. The number of aliphatic carboxylic acids is 1. The molecule has 1 atom stereocenters. The quantitative estimate of drug-likeness (QED) is 0.593. The van der Waals surface area contributed by atoms with E-state index < -0.39 is 17.6 Å². The first-order chi connectivity index (χ1) is 15.0. The van der Waals surface area contributed by atoms with E-state index in [1.807, 2.05) is 42.5 Å². The molecule has 0 spiro atoms. The number of hydrogen-bond donors (Lipinski definition) is 2. The Morgan fingerprint density at radius 3 is 2.03 bits per heavy atom. The molecule has 31 heavy (non-hydrogen) atoms. The highest BCUT2D eigenvalue weighted by Crippen LogP contribution is 2.44. The molecule has 0 aromatic heterocycles. The second-order valence-electron chi connectivity index (χ2n) is 7.69. The number of carboxylic acids is 1. The molecule has 2 N–H and O–H groups in total. The smallest absolute Gasteiger partial charge is 0.408 e. The van der Waals surface area contributed by atoms with Crippen molar-refractivity contribution < 1.29 is 24.2 Å². The molecule has 1 aliphatic carbocycles. The Bertz CT molecular complexity index is 1050. The molecule has 3 aromatic carbocycles. The van der Waals surface area contributed by atoms with Gasteiger partial charge < -0.3 is 19.9 Å². The van der Waals surface area contributed by atoms with Gasteiger partial charge in [-0.25, -0.2) is 9.59 Å². The van der Waals surface area contributed by atoms with Gasteiger partial charge in [0.25, 0.3) is 0 Å². The van der Waals surface area contributed by atoms with E-state index in [0.717, 1.165) is 22.3 Å².